The third kappa shape index (κ3) is 2.43. The topological polar surface area (TPSA) is 186 Å². The quantitative estimate of drug-likeness (QED) is 0.380. The number of nitrogens with zero attached hydrogens (tertiary/aromatic N) is 2. The van der Waals surface area contributed by atoms with Crippen molar-refractivity contribution in [1.29, 1.82) is 5.26 Å². The summed E-state index contributed by atoms with van der Waals surface area (Å²) in [6, 6.07) is 2.26. The fourth-order valence-electron chi connectivity index (χ4n) is 2.44. The molecule has 11 heteroatoms. The van der Waals surface area contributed by atoms with Crippen LogP contribution in [0.1, 0.15) is 6.23 Å². The molecule has 1 aliphatic heterocycles. The molecule has 5 atom stereocenters. The zero-order valence-corrected chi connectivity index (χ0v) is 11.5. The molecule has 0 aliphatic carbocycles. The molecule has 2 heterocycles. The Morgan fingerprint density at radius 3 is 2.57 bits per heavy atom. The molecule has 0 spiro atoms. The Morgan fingerprint density at radius 2 is 2.09 bits per heavy atom. The SMILES string of the molecule is N#C[C@]1(C(=O)O)[C@H](O)[C@H](CO)O[C@@H](n2ccc(=O)[nH]c2=O)[C@@H]1O. The Labute approximate surface area is 127 Å². The van der Waals surface area contributed by atoms with Crippen molar-refractivity contribution in [3.8, 4) is 6.07 Å². The first-order chi connectivity index (χ1) is 10.8. The second-order valence-corrected chi connectivity index (χ2v) is 4.94. The fourth-order valence-corrected chi connectivity index (χ4v) is 2.44. The molecule has 2 rings (SSSR count). The van der Waals surface area contributed by atoms with Crippen LogP contribution in [0.2, 0.25) is 0 Å². The van der Waals surface area contributed by atoms with Crippen LogP contribution in [-0.4, -0.2) is 60.9 Å². The van der Waals surface area contributed by atoms with E-state index in [0.29, 0.717) is 4.57 Å². The van der Waals surface area contributed by atoms with Crippen LogP contribution in [0.4, 0.5) is 0 Å². The number of hydrogen-bond acceptors (Lipinski definition) is 8. The minimum absolute atomic E-state index is 0.662. The molecule has 11 nitrogen and oxygen atoms in total. The number of carboxylic acids is 1. The Hall–Kier alpha value is -2.52. The second-order valence-electron chi connectivity index (χ2n) is 4.94. The van der Waals surface area contributed by atoms with E-state index in [1.54, 1.807) is 0 Å². The Kier molecular flexibility index (Phi) is 4.35. The van der Waals surface area contributed by atoms with Crippen LogP contribution in [0, 0.1) is 16.7 Å². The molecule has 0 bridgehead atoms. The largest absolute Gasteiger partial charge is 0.480 e. The predicted octanol–water partition coefficient (Wildman–Crippen LogP) is -3.26. The molecule has 0 radical (unpaired) electrons. The number of aromatic amines is 1. The Bertz CT molecular complexity index is 765. The van der Waals surface area contributed by atoms with Gasteiger partial charge in [-0.1, -0.05) is 0 Å². The molecule has 5 N–H and O–H groups in total. The van der Waals surface area contributed by atoms with Crippen molar-refractivity contribution in [3.05, 3.63) is 33.1 Å². The second kappa shape index (κ2) is 5.94. The van der Waals surface area contributed by atoms with Crippen molar-refractivity contribution < 1.29 is 30.0 Å². The maximum Gasteiger partial charge on any atom is 0.330 e. The molecular weight excluding hydrogens is 314 g/mol. The van der Waals surface area contributed by atoms with E-state index in [9.17, 15) is 40.1 Å². The Balaban J connectivity index is 2.61. The number of rotatable bonds is 3. The lowest BCUT2D eigenvalue weighted by Gasteiger charge is -2.45. The molecule has 0 unspecified atom stereocenters. The van der Waals surface area contributed by atoms with Gasteiger partial charge < -0.3 is 25.2 Å². The normalized spacial score (nSPS) is 33.8. The van der Waals surface area contributed by atoms with Gasteiger partial charge in [-0.05, 0) is 0 Å². The Morgan fingerprint density at radius 1 is 1.43 bits per heavy atom. The maximum absolute atomic E-state index is 11.8. The van der Waals surface area contributed by atoms with Crippen LogP contribution < -0.4 is 11.2 Å². The minimum Gasteiger partial charge on any atom is -0.480 e. The number of aromatic nitrogens is 2. The van der Waals surface area contributed by atoms with Gasteiger partial charge in [0.15, 0.2) is 6.23 Å². The number of aliphatic hydroxyl groups excluding tert-OH is 3. The molecule has 23 heavy (non-hydrogen) atoms. The van der Waals surface area contributed by atoms with Crippen molar-refractivity contribution in [3.63, 3.8) is 0 Å². The predicted molar refractivity (Wildman–Crippen MR) is 70.0 cm³/mol. The van der Waals surface area contributed by atoms with Crippen LogP contribution in [0.25, 0.3) is 0 Å². The standard InChI is InChI=1S/C12H13N3O8/c13-4-12(10(20)21)7(18)5(3-16)23-9(8(12)19)15-2-1-6(17)14-11(15)22/h1-2,5,7-9,16,18-19H,3H2,(H,20,21)(H,14,17,22)/t5-,7+,8-,9+,12-/m0/s1. The van der Waals surface area contributed by atoms with Gasteiger partial charge in [-0.3, -0.25) is 19.1 Å². The molecule has 1 saturated heterocycles. The molecule has 0 aromatic carbocycles. The lowest BCUT2D eigenvalue weighted by molar-refractivity contribution is -0.255. The number of hydrogen-bond donors (Lipinski definition) is 5. The summed E-state index contributed by atoms with van der Waals surface area (Å²) in [5.74, 6) is -1.84. The summed E-state index contributed by atoms with van der Waals surface area (Å²) < 4.78 is 5.81. The van der Waals surface area contributed by atoms with E-state index < -0.39 is 53.8 Å². The molecule has 1 aromatic heterocycles. The zero-order chi connectivity index (χ0) is 17.4. The van der Waals surface area contributed by atoms with Gasteiger partial charge in [-0.2, -0.15) is 5.26 Å². The zero-order valence-electron chi connectivity index (χ0n) is 11.5. The van der Waals surface area contributed by atoms with Gasteiger partial charge in [0.05, 0.1) is 12.7 Å². The van der Waals surface area contributed by atoms with Crippen LogP contribution in [0.5, 0.6) is 0 Å². The van der Waals surface area contributed by atoms with Gasteiger partial charge in [0.1, 0.15) is 18.3 Å². The summed E-state index contributed by atoms with van der Waals surface area (Å²) in [4.78, 5) is 36.2. The highest BCUT2D eigenvalue weighted by atomic mass is 16.6. The summed E-state index contributed by atoms with van der Waals surface area (Å²) in [6.07, 6.45) is -6.51. The van der Waals surface area contributed by atoms with Crippen molar-refractivity contribution >= 4 is 5.97 Å². The molecular formula is C12H13N3O8. The van der Waals surface area contributed by atoms with Crippen molar-refractivity contribution in [2.75, 3.05) is 6.61 Å². The average Bonchev–Trinajstić information content (AvgIpc) is 2.49. The first-order valence-corrected chi connectivity index (χ1v) is 6.38. The summed E-state index contributed by atoms with van der Waals surface area (Å²) in [6.45, 7) is -0.862. The van der Waals surface area contributed by atoms with Gasteiger partial charge in [0.2, 0.25) is 5.41 Å². The first kappa shape index (κ1) is 16.8. The van der Waals surface area contributed by atoms with E-state index >= 15 is 0 Å². The number of aliphatic hydroxyl groups is 3. The molecule has 1 aromatic rings. The van der Waals surface area contributed by atoms with Crippen LogP contribution in [-0.2, 0) is 9.53 Å². The number of nitriles is 1. The van der Waals surface area contributed by atoms with E-state index in [4.69, 9.17) is 4.74 Å². The van der Waals surface area contributed by atoms with Crippen molar-refractivity contribution in [1.82, 2.24) is 9.55 Å². The average molecular weight is 327 g/mol. The van der Waals surface area contributed by atoms with Crippen LogP contribution >= 0.6 is 0 Å². The number of carbonyl (C=O) groups is 1. The van der Waals surface area contributed by atoms with E-state index in [0.717, 1.165) is 12.3 Å². The summed E-state index contributed by atoms with van der Waals surface area (Å²) >= 11 is 0. The first-order valence-electron chi connectivity index (χ1n) is 6.38. The third-order valence-electron chi connectivity index (χ3n) is 3.71. The van der Waals surface area contributed by atoms with E-state index in [-0.39, 0.29) is 0 Å². The number of aliphatic carboxylic acids is 1. The highest BCUT2D eigenvalue weighted by Crippen LogP contribution is 2.40. The van der Waals surface area contributed by atoms with Gasteiger partial charge in [-0.25, -0.2) is 4.79 Å². The van der Waals surface area contributed by atoms with E-state index in [1.165, 1.54) is 6.07 Å². The lowest BCUT2D eigenvalue weighted by atomic mass is 9.73. The molecule has 1 aliphatic rings. The highest BCUT2D eigenvalue weighted by Gasteiger charge is 2.62. The third-order valence-corrected chi connectivity index (χ3v) is 3.71. The number of carboxylic acid groups (broad SMARTS) is 1. The van der Waals surface area contributed by atoms with Gasteiger partial charge >= 0.3 is 11.7 Å². The molecule has 124 valence electrons. The van der Waals surface area contributed by atoms with Crippen LogP contribution in [0.3, 0.4) is 0 Å². The fraction of sp³-hybridized carbons (Fsp3) is 0.500. The lowest BCUT2D eigenvalue weighted by Crippen LogP contribution is -2.64. The highest BCUT2D eigenvalue weighted by molar-refractivity contribution is 5.80. The maximum atomic E-state index is 11.8. The number of ether oxygens (including phenoxy) is 1. The monoisotopic (exact) mass is 327 g/mol. The molecule has 1 fully saturated rings. The van der Waals surface area contributed by atoms with E-state index in [1.807, 2.05) is 4.98 Å². The minimum atomic E-state index is -2.73. The number of H-pyrrole nitrogens is 1. The molecule has 0 saturated carbocycles. The van der Waals surface area contributed by atoms with Crippen molar-refractivity contribution in [2.24, 2.45) is 5.41 Å². The van der Waals surface area contributed by atoms with Gasteiger partial charge in [-0.15, -0.1) is 0 Å². The number of nitrogens with one attached hydrogen (secondary N) is 1. The molecule has 0 amide bonds. The smallest absolute Gasteiger partial charge is 0.330 e. The summed E-state index contributed by atoms with van der Waals surface area (Å²) in [5, 5.41) is 48.0. The van der Waals surface area contributed by atoms with Crippen LogP contribution in [0.15, 0.2) is 21.9 Å². The summed E-state index contributed by atoms with van der Waals surface area (Å²) in [7, 11) is 0. The van der Waals surface area contributed by atoms with Gasteiger partial charge in [0, 0.05) is 12.3 Å². The van der Waals surface area contributed by atoms with Gasteiger partial charge in [0.25, 0.3) is 5.56 Å². The summed E-state index contributed by atoms with van der Waals surface area (Å²) in [5.41, 5.74) is -4.49. The van der Waals surface area contributed by atoms with E-state index in [2.05, 4.69) is 0 Å². The van der Waals surface area contributed by atoms with Crippen molar-refractivity contribution in [2.45, 2.75) is 24.5 Å².